The van der Waals surface area contributed by atoms with E-state index in [9.17, 15) is 19.2 Å². The third-order valence-corrected chi connectivity index (χ3v) is 9.01. The van der Waals surface area contributed by atoms with Crippen molar-refractivity contribution in [1.82, 2.24) is 38.7 Å². The molecule has 4 amide bonds. The molecule has 0 saturated carbocycles. The number of aromatic nitrogens is 8. The molecule has 0 unspecified atom stereocenters. The Kier molecular flexibility index (Phi) is 12.2. The van der Waals surface area contributed by atoms with E-state index in [1.54, 1.807) is 45.8 Å². The van der Waals surface area contributed by atoms with Gasteiger partial charge in [-0.2, -0.15) is 10.2 Å². The molecule has 16 heteroatoms. The van der Waals surface area contributed by atoms with Crippen LogP contribution in [0.5, 0.6) is 0 Å². The summed E-state index contributed by atoms with van der Waals surface area (Å²) >= 11 is 0. The highest BCUT2D eigenvalue weighted by atomic mass is 16.2. The summed E-state index contributed by atoms with van der Waals surface area (Å²) in [4.78, 5) is 61.3. The number of carbonyl (C=O) groups excluding carboxylic acids is 4. The lowest BCUT2D eigenvalue weighted by molar-refractivity contribution is -0.116. The van der Waals surface area contributed by atoms with E-state index in [0.717, 1.165) is 22.4 Å². The van der Waals surface area contributed by atoms with Gasteiger partial charge in [0.15, 0.2) is 0 Å². The van der Waals surface area contributed by atoms with Gasteiger partial charge in [0, 0.05) is 38.2 Å². The first-order valence-corrected chi connectivity index (χ1v) is 18.2. The minimum Gasteiger partial charge on any atom is -0.366 e. The molecule has 5 N–H and O–H groups in total. The molecule has 0 aliphatic rings. The van der Waals surface area contributed by atoms with Crippen LogP contribution >= 0.6 is 0 Å². The predicted molar refractivity (Wildman–Crippen MR) is 213 cm³/mol. The summed E-state index contributed by atoms with van der Waals surface area (Å²) in [5.74, 6) is -0.558. The zero-order valence-corrected chi connectivity index (χ0v) is 31.4. The Morgan fingerprint density at radius 2 is 1.31 bits per heavy atom. The fourth-order valence-corrected chi connectivity index (χ4v) is 6.56. The highest BCUT2D eigenvalue weighted by molar-refractivity contribution is 6.05. The highest BCUT2D eigenvalue weighted by Crippen LogP contribution is 2.29. The number of carbonyl (C=O) groups is 4. The largest absolute Gasteiger partial charge is 0.366 e. The number of rotatable bonds is 15. The molecule has 0 bridgehead atoms. The van der Waals surface area contributed by atoms with Crippen molar-refractivity contribution in [3.8, 4) is 0 Å². The van der Waals surface area contributed by atoms with Crippen LogP contribution in [0.15, 0.2) is 48.5 Å². The number of aryl methyl sites for hydroxylation is 6. The van der Waals surface area contributed by atoms with Crippen LogP contribution in [0.3, 0.4) is 0 Å². The summed E-state index contributed by atoms with van der Waals surface area (Å²) in [6.07, 6.45) is 1.63. The Morgan fingerprint density at radius 3 is 1.85 bits per heavy atom. The van der Waals surface area contributed by atoms with Crippen LogP contribution in [-0.4, -0.2) is 62.3 Å². The molecular formula is C39H50N12O4. The minimum atomic E-state index is -0.577. The molecule has 6 rings (SSSR count). The van der Waals surface area contributed by atoms with Gasteiger partial charge in [0.2, 0.25) is 23.7 Å². The monoisotopic (exact) mass is 750 g/mol. The molecule has 0 fully saturated rings. The van der Waals surface area contributed by atoms with Crippen molar-refractivity contribution < 1.29 is 19.2 Å². The maximum atomic E-state index is 13.6. The lowest BCUT2D eigenvalue weighted by Gasteiger charge is -2.13. The van der Waals surface area contributed by atoms with Gasteiger partial charge < -0.3 is 20.2 Å². The summed E-state index contributed by atoms with van der Waals surface area (Å²) < 4.78 is 7.12. The lowest BCUT2D eigenvalue weighted by Crippen LogP contribution is -2.20. The summed E-state index contributed by atoms with van der Waals surface area (Å²) in [5.41, 5.74) is 11.2. The standard InChI is InChI=1S/C38H46N12O4.CH4/c1-7-49-30(19-23(5)45-49)35(53)43-37-41-27-21-25(34(39)52)14-15-28(27)47(37)16-9-10-17-48-29-13-11-12-26(40-32(51)18-22(3)4)33(29)42-38(48)44-36(54)31-20-24(6)46-50(31)8-2;/h11-15,19-22H,7-10,16-18H2,1-6H3,(H2,39,52)(H,40,51)(H,41,43,53)(H,42,44,54);1H4. The number of nitrogens with one attached hydrogen (secondary N) is 3. The van der Waals surface area contributed by atoms with E-state index in [1.807, 2.05) is 62.8 Å². The molecule has 16 nitrogen and oxygen atoms in total. The fourth-order valence-electron chi connectivity index (χ4n) is 6.56. The zero-order chi connectivity index (χ0) is 38.7. The van der Waals surface area contributed by atoms with Crippen molar-refractivity contribution in [2.75, 3.05) is 16.0 Å². The van der Waals surface area contributed by atoms with E-state index < -0.39 is 5.91 Å². The highest BCUT2D eigenvalue weighted by Gasteiger charge is 2.22. The number of nitrogens with zero attached hydrogens (tertiary/aromatic N) is 8. The smallest absolute Gasteiger partial charge is 0.276 e. The number of anilines is 3. The van der Waals surface area contributed by atoms with Gasteiger partial charge >= 0.3 is 0 Å². The number of hydrogen-bond acceptors (Lipinski definition) is 8. The first-order chi connectivity index (χ1) is 25.9. The van der Waals surface area contributed by atoms with Gasteiger partial charge in [-0.3, -0.25) is 39.2 Å². The van der Waals surface area contributed by atoms with Gasteiger partial charge in [-0.1, -0.05) is 27.3 Å². The van der Waals surface area contributed by atoms with Crippen molar-refractivity contribution in [2.45, 2.75) is 94.4 Å². The number of benzene rings is 2. The Bertz CT molecular complexity index is 2380. The number of unbranched alkanes of at least 4 members (excludes halogenated alkanes) is 1. The van der Waals surface area contributed by atoms with Gasteiger partial charge in [0.1, 0.15) is 16.9 Å². The molecule has 290 valence electrons. The van der Waals surface area contributed by atoms with E-state index in [4.69, 9.17) is 10.7 Å². The molecule has 4 aromatic heterocycles. The number of nitrogens with two attached hydrogens (primary N) is 1. The van der Waals surface area contributed by atoms with E-state index in [0.29, 0.717) is 91.0 Å². The molecule has 0 radical (unpaired) electrons. The zero-order valence-electron chi connectivity index (χ0n) is 31.4. The van der Waals surface area contributed by atoms with Crippen LogP contribution in [-0.2, 0) is 31.0 Å². The van der Waals surface area contributed by atoms with Gasteiger partial charge in [-0.25, -0.2) is 9.97 Å². The maximum Gasteiger partial charge on any atom is 0.276 e. The number of para-hydroxylation sites is 1. The minimum absolute atomic E-state index is 0. The topological polar surface area (TPSA) is 202 Å². The van der Waals surface area contributed by atoms with Crippen LogP contribution in [0, 0.1) is 19.8 Å². The summed E-state index contributed by atoms with van der Waals surface area (Å²) in [7, 11) is 0. The van der Waals surface area contributed by atoms with E-state index >= 15 is 0 Å². The van der Waals surface area contributed by atoms with E-state index in [1.165, 1.54) is 0 Å². The second-order valence-electron chi connectivity index (χ2n) is 13.7. The molecule has 0 spiro atoms. The first-order valence-electron chi connectivity index (χ1n) is 18.2. The number of fused-ring (bicyclic) bond motifs is 2. The third kappa shape index (κ3) is 8.58. The van der Waals surface area contributed by atoms with Crippen molar-refractivity contribution >= 4 is 63.3 Å². The molecule has 0 aliphatic heterocycles. The molecular weight excluding hydrogens is 701 g/mol. The van der Waals surface area contributed by atoms with Gasteiger partial charge in [-0.05, 0) is 88.9 Å². The summed E-state index contributed by atoms with van der Waals surface area (Å²) in [5, 5.41) is 17.8. The Morgan fingerprint density at radius 1 is 0.745 bits per heavy atom. The van der Waals surface area contributed by atoms with E-state index in [-0.39, 0.29) is 31.1 Å². The normalized spacial score (nSPS) is 11.3. The molecule has 0 aliphatic carbocycles. The number of imidazole rings is 2. The average molecular weight is 751 g/mol. The molecule has 2 aromatic carbocycles. The van der Waals surface area contributed by atoms with Gasteiger partial charge in [-0.15, -0.1) is 0 Å². The molecule has 0 atom stereocenters. The maximum absolute atomic E-state index is 13.6. The van der Waals surface area contributed by atoms with Crippen molar-refractivity contribution in [2.24, 2.45) is 11.7 Å². The SMILES string of the molecule is C.CCn1nc(C)cc1C(=O)Nc1nc2cc(C(N)=O)ccc2n1CCCCn1c(NC(=O)c2cc(C)nn2CC)nc2c(NC(=O)CC(C)C)cccc21. The number of amides is 4. The quantitative estimate of drug-likeness (QED) is 0.0896. The van der Waals surface area contributed by atoms with Gasteiger partial charge in [0.25, 0.3) is 11.8 Å². The number of primary amides is 1. The van der Waals surface area contributed by atoms with Gasteiger partial charge in [0.05, 0.1) is 33.6 Å². The molecule has 6 aromatic rings. The Balaban J connectivity index is 0.00000580. The third-order valence-electron chi connectivity index (χ3n) is 9.01. The van der Waals surface area contributed by atoms with Crippen LogP contribution < -0.4 is 21.7 Å². The van der Waals surface area contributed by atoms with Crippen molar-refractivity contribution in [1.29, 1.82) is 0 Å². The predicted octanol–water partition coefficient (Wildman–Crippen LogP) is 6.14. The van der Waals surface area contributed by atoms with E-state index in [2.05, 4.69) is 31.1 Å². The lowest BCUT2D eigenvalue weighted by atomic mass is 10.1. The average Bonchev–Trinajstić information content (AvgIpc) is 3.88. The van der Waals surface area contributed by atoms with Crippen molar-refractivity contribution in [3.05, 3.63) is 76.9 Å². The second-order valence-corrected chi connectivity index (χ2v) is 13.7. The summed E-state index contributed by atoms with van der Waals surface area (Å²) in [6, 6.07) is 14.0. The molecule has 55 heavy (non-hydrogen) atoms. The molecule has 4 heterocycles. The first kappa shape index (κ1) is 39.9. The summed E-state index contributed by atoms with van der Waals surface area (Å²) in [6.45, 7) is 13.4. The second kappa shape index (κ2) is 16.8. The Labute approximate surface area is 319 Å². The van der Waals surface area contributed by atoms with Crippen LogP contribution in [0.4, 0.5) is 17.6 Å². The van der Waals surface area contributed by atoms with Crippen LogP contribution in [0.1, 0.15) is 97.1 Å². The van der Waals surface area contributed by atoms with Crippen molar-refractivity contribution in [3.63, 3.8) is 0 Å². The van der Waals surface area contributed by atoms with Crippen LogP contribution in [0.2, 0.25) is 0 Å². The van der Waals surface area contributed by atoms with Crippen LogP contribution in [0.25, 0.3) is 22.1 Å². The Hall–Kier alpha value is -6.32. The molecule has 0 saturated heterocycles. The number of hydrogen-bond donors (Lipinski definition) is 4. The fraction of sp³-hybridized carbons (Fsp3) is 0.385.